The van der Waals surface area contributed by atoms with Gasteiger partial charge in [-0.1, -0.05) is 34.1 Å². The highest BCUT2D eigenvalue weighted by Gasteiger charge is 2.05. The number of carbonyl (C=O) groups excluding carboxylic acids is 1. The number of nitrogens with one attached hydrogen (secondary N) is 1. The first-order valence-corrected chi connectivity index (χ1v) is 8.14. The lowest BCUT2D eigenvalue weighted by Crippen LogP contribution is -2.25. The van der Waals surface area contributed by atoms with Crippen LogP contribution in [0.1, 0.15) is 15.9 Å². The van der Waals surface area contributed by atoms with Gasteiger partial charge in [-0.05, 0) is 48.4 Å². The fourth-order valence-corrected chi connectivity index (χ4v) is 2.50. The van der Waals surface area contributed by atoms with E-state index in [0.29, 0.717) is 12.1 Å². The quantitative estimate of drug-likeness (QED) is 0.746. The van der Waals surface area contributed by atoms with E-state index in [1.807, 2.05) is 59.5 Å². The predicted octanol–water partition coefficient (Wildman–Crippen LogP) is 3.61. The summed E-state index contributed by atoms with van der Waals surface area (Å²) >= 11 is 3.36. The van der Waals surface area contributed by atoms with Crippen molar-refractivity contribution >= 4 is 21.8 Å². The molecule has 0 bridgehead atoms. The summed E-state index contributed by atoms with van der Waals surface area (Å²) in [5.74, 6) is -0.0621. The third-order valence-electron chi connectivity index (χ3n) is 3.46. The van der Waals surface area contributed by atoms with Gasteiger partial charge in [0.25, 0.3) is 5.91 Å². The van der Waals surface area contributed by atoms with E-state index in [1.54, 1.807) is 12.1 Å². The van der Waals surface area contributed by atoms with Crippen molar-refractivity contribution in [2.45, 2.75) is 6.42 Å². The van der Waals surface area contributed by atoms with E-state index in [1.165, 1.54) is 0 Å². The average Bonchev–Trinajstić information content (AvgIpc) is 3.05. The largest absolute Gasteiger partial charge is 0.352 e. The Morgan fingerprint density at radius 3 is 2.57 bits per heavy atom. The lowest BCUT2D eigenvalue weighted by Gasteiger charge is -2.04. The van der Waals surface area contributed by atoms with Crippen LogP contribution in [-0.2, 0) is 6.42 Å². The SMILES string of the molecule is O=C(NCCc1cnn(-c2ccccc2)c1)c1ccc(Br)cc1. The predicted molar refractivity (Wildman–Crippen MR) is 93.7 cm³/mol. The Balaban J connectivity index is 1.54. The number of rotatable bonds is 5. The van der Waals surface area contributed by atoms with Gasteiger partial charge < -0.3 is 5.32 Å². The van der Waals surface area contributed by atoms with Crippen LogP contribution >= 0.6 is 15.9 Å². The summed E-state index contributed by atoms with van der Waals surface area (Å²) in [5, 5.41) is 7.28. The standard InChI is InChI=1S/C18H16BrN3O/c19-16-8-6-15(7-9-16)18(23)20-11-10-14-12-21-22(13-14)17-4-2-1-3-5-17/h1-9,12-13H,10-11H2,(H,20,23). The number of benzene rings is 2. The average molecular weight is 370 g/mol. The highest BCUT2D eigenvalue weighted by atomic mass is 79.9. The lowest BCUT2D eigenvalue weighted by molar-refractivity contribution is 0.0954. The Morgan fingerprint density at radius 2 is 1.83 bits per heavy atom. The number of para-hydroxylation sites is 1. The van der Waals surface area contributed by atoms with Crippen LogP contribution in [0.5, 0.6) is 0 Å². The van der Waals surface area contributed by atoms with Gasteiger partial charge in [0.2, 0.25) is 0 Å². The number of nitrogens with zero attached hydrogens (tertiary/aromatic N) is 2. The van der Waals surface area contributed by atoms with E-state index in [4.69, 9.17) is 0 Å². The first-order valence-electron chi connectivity index (χ1n) is 7.35. The second kappa shape index (κ2) is 7.24. The van der Waals surface area contributed by atoms with Crippen LogP contribution in [0.3, 0.4) is 0 Å². The monoisotopic (exact) mass is 369 g/mol. The number of aromatic nitrogens is 2. The maximum atomic E-state index is 12.0. The number of halogens is 1. The summed E-state index contributed by atoms with van der Waals surface area (Å²) in [7, 11) is 0. The molecule has 0 aliphatic rings. The summed E-state index contributed by atoms with van der Waals surface area (Å²) in [6, 6.07) is 17.3. The molecule has 116 valence electrons. The van der Waals surface area contributed by atoms with E-state index in [2.05, 4.69) is 26.3 Å². The molecular weight excluding hydrogens is 354 g/mol. The highest BCUT2D eigenvalue weighted by molar-refractivity contribution is 9.10. The van der Waals surface area contributed by atoms with E-state index < -0.39 is 0 Å². The van der Waals surface area contributed by atoms with Crippen molar-refractivity contribution in [2.24, 2.45) is 0 Å². The zero-order valence-electron chi connectivity index (χ0n) is 12.4. The van der Waals surface area contributed by atoms with Gasteiger partial charge in [0, 0.05) is 22.8 Å². The minimum atomic E-state index is -0.0621. The van der Waals surface area contributed by atoms with Crippen molar-refractivity contribution in [1.29, 1.82) is 0 Å². The molecule has 3 rings (SSSR count). The Labute approximate surface area is 143 Å². The Kier molecular flexibility index (Phi) is 4.88. The molecule has 5 heteroatoms. The van der Waals surface area contributed by atoms with Gasteiger partial charge >= 0.3 is 0 Å². The molecule has 2 aromatic carbocycles. The molecule has 0 atom stereocenters. The van der Waals surface area contributed by atoms with Gasteiger partial charge in [0.05, 0.1) is 11.9 Å². The van der Waals surface area contributed by atoms with Gasteiger partial charge in [-0.3, -0.25) is 4.79 Å². The van der Waals surface area contributed by atoms with Crippen LogP contribution < -0.4 is 5.32 Å². The van der Waals surface area contributed by atoms with Gasteiger partial charge in [-0.15, -0.1) is 0 Å². The van der Waals surface area contributed by atoms with Crippen molar-refractivity contribution in [1.82, 2.24) is 15.1 Å². The molecule has 0 aliphatic carbocycles. The Hall–Kier alpha value is -2.40. The summed E-state index contributed by atoms with van der Waals surface area (Å²) < 4.78 is 2.80. The van der Waals surface area contributed by atoms with Crippen LogP contribution in [-0.4, -0.2) is 22.2 Å². The molecule has 1 N–H and O–H groups in total. The van der Waals surface area contributed by atoms with Crippen LogP contribution in [0.4, 0.5) is 0 Å². The fourth-order valence-electron chi connectivity index (χ4n) is 2.23. The highest BCUT2D eigenvalue weighted by Crippen LogP contribution is 2.11. The molecule has 0 saturated heterocycles. The molecule has 1 heterocycles. The molecule has 0 unspecified atom stereocenters. The number of hydrogen-bond acceptors (Lipinski definition) is 2. The smallest absolute Gasteiger partial charge is 0.251 e. The van der Waals surface area contributed by atoms with Crippen molar-refractivity contribution in [2.75, 3.05) is 6.54 Å². The summed E-state index contributed by atoms with van der Waals surface area (Å²) in [4.78, 5) is 12.0. The van der Waals surface area contributed by atoms with Crippen LogP contribution in [0.15, 0.2) is 71.5 Å². The minimum absolute atomic E-state index is 0.0621. The van der Waals surface area contributed by atoms with Gasteiger partial charge in [0.15, 0.2) is 0 Å². The zero-order valence-corrected chi connectivity index (χ0v) is 14.0. The third kappa shape index (κ3) is 4.07. The summed E-state index contributed by atoms with van der Waals surface area (Å²) in [6.45, 7) is 0.579. The second-order valence-electron chi connectivity index (χ2n) is 5.14. The van der Waals surface area contributed by atoms with Gasteiger partial charge in [-0.25, -0.2) is 4.68 Å². The summed E-state index contributed by atoms with van der Waals surface area (Å²) in [5.41, 5.74) is 2.77. The van der Waals surface area contributed by atoms with Crippen LogP contribution in [0.25, 0.3) is 5.69 Å². The van der Waals surface area contributed by atoms with Crippen LogP contribution in [0, 0.1) is 0 Å². The molecule has 0 radical (unpaired) electrons. The molecule has 1 aromatic heterocycles. The molecule has 0 saturated carbocycles. The Bertz CT molecular complexity index is 782. The van der Waals surface area contributed by atoms with E-state index in [-0.39, 0.29) is 5.91 Å². The van der Waals surface area contributed by atoms with E-state index >= 15 is 0 Å². The molecule has 1 amide bonds. The van der Waals surface area contributed by atoms with E-state index in [0.717, 1.165) is 22.1 Å². The second-order valence-corrected chi connectivity index (χ2v) is 6.06. The lowest BCUT2D eigenvalue weighted by atomic mass is 10.2. The molecule has 4 nitrogen and oxygen atoms in total. The van der Waals surface area contributed by atoms with E-state index in [9.17, 15) is 4.79 Å². The molecule has 0 spiro atoms. The first kappa shape index (κ1) is 15.5. The fraction of sp³-hybridized carbons (Fsp3) is 0.111. The number of carbonyl (C=O) groups is 1. The number of amides is 1. The van der Waals surface area contributed by atoms with Gasteiger partial charge in [-0.2, -0.15) is 5.10 Å². The zero-order chi connectivity index (χ0) is 16.1. The molecule has 3 aromatic rings. The van der Waals surface area contributed by atoms with Gasteiger partial charge in [0.1, 0.15) is 0 Å². The van der Waals surface area contributed by atoms with Crippen molar-refractivity contribution in [3.63, 3.8) is 0 Å². The Morgan fingerprint density at radius 1 is 1.09 bits per heavy atom. The maximum Gasteiger partial charge on any atom is 0.251 e. The molecule has 0 aliphatic heterocycles. The van der Waals surface area contributed by atoms with Crippen molar-refractivity contribution in [3.8, 4) is 5.69 Å². The minimum Gasteiger partial charge on any atom is -0.352 e. The van der Waals surface area contributed by atoms with Crippen molar-refractivity contribution in [3.05, 3.63) is 82.6 Å². The molecule has 0 fully saturated rings. The maximum absolute atomic E-state index is 12.0. The third-order valence-corrected chi connectivity index (χ3v) is 3.99. The van der Waals surface area contributed by atoms with Crippen molar-refractivity contribution < 1.29 is 4.79 Å². The topological polar surface area (TPSA) is 46.9 Å². The summed E-state index contributed by atoms with van der Waals surface area (Å²) in [6.07, 6.45) is 4.56. The first-order chi connectivity index (χ1) is 11.2. The molecular formula is C18H16BrN3O. The van der Waals surface area contributed by atoms with Crippen LogP contribution in [0.2, 0.25) is 0 Å². The molecule has 23 heavy (non-hydrogen) atoms. The number of hydrogen-bond donors (Lipinski definition) is 1. The normalized spacial score (nSPS) is 10.5.